The van der Waals surface area contributed by atoms with Crippen molar-refractivity contribution in [1.29, 1.82) is 0 Å². The van der Waals surface area contributed by atoms with Gasteiger partial charge in [-0.15, -0.1) is 0 Å². The second kappa shape index (κ2) is 5.91. The average molecular weight is 320 g/mol. The van der Waals surface area contributed by atoms with Crippen LogP contribution in [0.4, 0.5) is 4.39 Å². The van der Waals surface area contributed by atoms with E-state index in [2.05, 4.69) is 41.2 Å². The van der Waals surface area contributed by atoms with E-state index in [0.29, 0.717) is 5.56 Å². The van der Waals surface area contributed by atoms with Crippen molar-refractivity contribution in [3.8, 4) is 0 Å². The van der Waals surface area contributed by atoms with E-state index in [9.17, 15) is 4.39 Å². The summed E-state index contributed by atoms with van der Waals surface area (Å²) in [6.07, 6.45) is 3.11. The summed E-state index contributed by atoms with van der Waals surface area (Å²) in [5, 5.41) is 4.78. The first-order valence-electron chi connectivity index (χ1n) is 8.41. The van der Waals surface area contributed by atoms with Crippen LogP contribution in [0.3, 0.4) is 0 Å². The van der Waals surface area contributed by atoms with Crippen molar-refractivity contribution in [3.63, 3.8) is 0 Å². The quantitative estimate of drug-likeness (QED) is 0.721. The molecule has 2 nitrogen and oxygen atoms in total. The zero-order valence-electron chi connectivity index (χ0n) is 14.1. The first-order chi connectivity index (χ1) is 11.6. The maximum absolute atomic E-state index is 14.1. The molecular weight excluding hydrogens is 299 g/mol. The van der Waals surface area contributed by atoms with E-state index >= 15 is 0 Å². The normalized spacial score (nSPS) is 14.9. The number of allylic oxidation sites excluding steroid dienone is 1. The summed E-state index contributed by atoms with van der Waals surface area (Å²) in [6.45, 7) is 5.96. The molecule has 1 N–H and O–H groups in total. The van der Waals surface area contributed by atoms with Crippen LogP contribution < -0.4 is 5.32 Å². The smallest absolute Gasteiger partial charge is 0.130 e. The van der Waals surface area contributed by atoms with Gasteiger partial charge in [0.25, 0.3) is 0 Å². The molecule has 4 rings (SSSR count). The Kier molecular flexibility index (Phi) is 3.73. The number of aryl methyl sites for hydroxylation is 1. The van der Waals surface area contributed by atoms with Crippen molar-refractivity contribution in [2.45, 2.75) is 26.8 Å². The molecule has 1 aliphatic heterocycles. The molecule has 122 valence electrons. The second-order valence-corrected chi connectivity index (χ2v) is 6.53. The highest BCUT2D eigenvalue weighted by Crippen LogP contribution is 2.31. The molecule has 0 bridgehead atoms. The number of rotatable bonds is 2. The number of hydrogen-bond donors (Lipinski definition) is 1. The van der Waals surface area contributed by atoms with Gasteiger partial charge in [0, 0.05) is 29.4 Å². The summed E-state index contributed by atoms with van der Waals surface area (Å²) >= 11 is 0. The monoisotopic (exact) mass is 320 g/mol. The summed E-state index contributed by atoms with van der Waals surface area (Å²) in [5.74, 6) is -0.175. The molecule has 0 atom stereocenters. The Morgan fingerprint density at radius 3 is 2.88 bits per heavy atom. The van der Waals surface area contributed by atoms with Gasteiger partial charge in [0.2, 0.25) is 0 Å². The molecule has 0 unspecified atom stereocenters. The largest absolute Gasteiger partial charge is 0.318 e. The number of nitrogens with one attached hydrogen (secondary N) is 1. The maximum Gasteiger partial charge on any atom is 0.130 e. The minimum Gasteiger partial charge on any atom is -0.318 e. The molecule has 0 aliphatic carbocycles. The average Bonchev–Trinajstić information content (AvgIpc) is 2.89. The van der Waals surface area contributed by atoms with Crippen LogP contribution in [0.5, 0.6) is 0 Å². The molecule has 0 amide bonds. The fourth-order valence-corrected chi connectivity index (χ4v) is 3.63. The van der Waals surface area contributed by atoms with E-state index in [4.69, 9.17) is 0 Å². The molecule has 0 fully saturated rings. The Morgan fingerprint density at radius 1 is 1.21 bits per heavy atom. The van der Waals surface area contributed by atoms with Crippen molar-refractivity contribution in [2.75, 3.05) is 6.54 Å². The Hall–Kier alpha value is -2.39. The number of benzene rings is 2. The van der Waals surface area contributed by atoms with E-state index < -0.39 is 0 Å². The van der Waals surface area contributed by atoms with Gasteiger partial charge in [-0.25, -0.2) is 4.39 Å². The first-order valence-corrected chi connectivity index (χ1v) is 8.41. The Labute approximate surface area is 141 Å². The lowest BCUT2D eigenvalue weighted by molar-refractivity contribution is 0.623. The highest BCUT2D eigenvalue weighted by molar-refractivity contribution is 5.90. The molecular formula is C21H21FN2. The molecule has 0 spiro atoms. The Bertz CT molecular complexity index is 950. The van der Waals surface area contributed by atoms with Gasteiger partial charge in [-0.2, -0.15) is 0 Å². The third-order valence-electron chi connectivity index (χ3n) is 4.84. The first kappa shape index (κ1) is 15.2. The van der Waals surface area contributed by atoms with Gasteiger partial charge >= 0.3 is 0 Å². The van der Waals surface area contributed by atoms with Crippen LogP contribution in [-0.4, -0.2) is 11.1 Å². The highest BCUT2D eigenvalue weighted by atomic mass is 19.1. The number of aromatic nitrogens is 1. The lowest BCUT2D eigenvalue weighted by Gasteiger charge is -2.16. The predicted molar refractivity (Wildman–Crippen MR) is 98.3 cm³/mol. The van der Waals surface area contributed by atoms with Gasteiger partial charge in [-0.05, 0) is 56.1 Å². The molecule has 2 aromatic carbocycles. The van der Waals surface area contributed by atoms with E-state index in [1.807, 2.05) is 19.1 Å². The van der Waals surface area contributed by atoms with Crippen LogP contribution in [0.25, 0.3) is 22.7 Å². The summed E-state index contributed by atoms with van der Waals surface area (Å²) in [4.78, 5) is 0. The third-order valence-corrected chi connectivity index (χ3v) is 4.84. The molecule has 0 saturated carbocycles. The summed E-state index contributed by atoms with van der Waals surface area (Å²) in [6, 6.07) is 13.5. The molecule has 3 aromatic rings. The van der Waals surface area contributed by atoms with Gasteiger partial charge in [0.1, 0.15) is 5.82 Å². The Balaban J connectivity index is 1.94. The molecule has 1 aromatic heterocycles. The third kappa shape index (κ3) is 2.45. The predicted octanol–water partition coefficient (Wildman–Crippen LogP) is 4.75. The van der Waals surface area contributed by atoms with Gasteiger partial charge in [0.05, 0.1) is 5.52 Å². The number of nitrogens with zero attached hydrogens (tertiary/aromatic N) is 1. The standard InChI is InChI=1S/C21H21FN2/c1-14-7-8-20-18(11-14)17-9-10-23-12-21(17)24(20)13-15(2)16-5-3-4-6-19(16)22/h3-8,11,13,23H,9-10,12H2,1-2H3/b15-13+. The van der Waals surface area contributed by atoms with Crippen LogP contribution in [-0.2, 0) is 13.0 Å². The van der Waals surface area contributed by atoms with Crippen molar-refractivity contribution in [2.24, 2.45) is 0 Å². The SMILES string of the molecule is C/C(=C\n1c2c(c3cc(C)ccc31)CCNC2)c1ccccc1F. The number of hydrogen-bond acceptors (Lipinski definition) is 1. The zero-order chi connectivity index (χ0) is 16.7. The van der Waals surface area contributed by atoms with Crippen LogP contribution in [0.15, 0.2) is 42.5 Å². The lowest BCUT2D eigenvalue weighted by atomic mass is 10.0. The fourth-order valence-electron chi connectivity index (χ4n) is 3.63. The van der Waals surface area contributed by atoms with Crippen LogP contribution in [0.1, 0.15) is 29.3 Å². The van der Waals surface area contributed by atoms with Crippen molar-refractivity contribution >= 4 is 22.7 Å². The second-order valence-electron chi connectivity index (χ2n) is 6.53. The summed E-state index contributed by atoms with van der Waals surface area (Å²) < 4.78 is 16.3. The molecule has 1 aliphatic rings. The lowest BCUT2D eigenvalue weighted by Crippen LogP contribution is -2.24. The molecule has 0 radical (unpaired) electrons. The van der Waals surface area contributed by atoms with Gasteiger partial charge < -0.3 is 9.88 Å². The molecule has 3 heteroatoms. The minimum atomic E-state index is -0.175. The van der Waals surface area contributed by atoms with Gasteiger partial charge in [-0.1, -0.05) is 29.8 Å². The van der Waals surface area contributed by atoms with Crippen molar-refractivity contribution < 1.29 is 4.39 Å². The fraction of sp³-hybridized carbons (Fsp3) is 0.238. The van der Waals surface area contributed by atoms with E-state index in [1.54, 1.807) is 6.07 Å². The topological polar surface area (TPSA) is 17.0 Å². The Morgan fingerprint density at radius 2 is 2.04 bits per heavy atom. The van der Waals surface area contributed by atoms with E-state index in [-0.39, 0.29) is 5.82 Å². The molecule has 2 heterocycles. The number of halogens is 1. The zero-order valence-corrected chi connectivity index (χ0v) is 14.1. The van der Waals surface area contributed by atoms with E-state index in [0.717, 1.165) is 25.1 Å². The van der Waals surface area contributed by atoms with E-state index in [1.165, 1.54) is 33.8 Å². The minimum absolute atomic E-state index is 0.175. The maximum atomic E-state index is 14.1. The molecule has 0 saturated heterocycles. The van der Waals surface area contributed by atoms with Crippen LogP contribution in [0.2, 0.25) is 0 Å². The van der Waals surface area contributed by atoms with Crippen molar-refractivity contribution in [1.82, 2.24) is 9.88 Å². The highest BCUT2D eigenvalue weighted by Gasteiger charge is 2.19. The molecule has 24 heavy (non-hydrogen) atoms. The van der Waals surface area contributed by atoms with Crippen LogP contribution >= 0.6 is 0 Å². The van der Waals surface area contributed by atoms with Crippen LogP contribution in [0, 0.1) is 12.7 Å². The van der Waals surface area contributed by atoms with Crippen molar-refractivity contribution in [3.05, 3.63) is 70.7 Å². The van der Waals surface area contributed by atoms with Gasteiger partial charge in [0.15, 0.2) is 0 Å². The van der Waals surface area contributed by atoms with Gasteiger partial charge in [-0.3, -0.25) is 0 Å². The number of fused-ring (bicyclic) bond motifs is 3. The summed E-state index contributed by atoms with van der Waals surface area (Å²) in [5.41, 5.74) is 6.77. The summed E-state index contributed by atoms with van der Waals surface area (Å²) in [7, 11) is 0.